The standard InChI is InChI=1S/C13H22N4/c1-10-7-17(9-12(10)16(2)3)8-11-4-5-15-13(14)6-11/h4-6,10,12H,7-9H2,1-3H3,(H2,14,15). The van der Waals surface area contributed by atoms with Crippen LogP contribution in [-0.2, 0) is 6.54 Å². The van der Waals surface area contributed by atoms with Crippen LogP contribution in [0.15, 0.2) is 18.3 Å². The van der Waals surface area contributed by atoms with Crippen LogP contribution in [0.2, 0.25) is 0 Å². The minimum absolute atomic E-state index is 0.610. The molecule has 1 aliphatic heterocycles. The molecular weight excluding hydrogens is 212 g/mol. The van der Waals surface area contributed by atoms with Crippen LogP contribution in [-0.4, -0.2) is 48.0 Å². The third-order valence-corrected chi connectivity index (χ3v) is 3.56. The predicted octanol–water partition coefficient (Wildman–Crippen LogP) is 1.05. The fourth-order valence-electron chi connectivity index (χ4n) is 2.70. The Kier molecular flexibility index (Phi) is 3.64. The number of anilines is 1. The molecular formula is C13H22N4. The quantitative estimate of drug-likeness (QED) is 0.849. The van der Waals surface area contributed by atoms with E-state index in [2.05, 4.69) is 35.8 Å². The average molecular weight is 234 g/mol. The molecule has 1 fully saturated rings. The van der Waals surface area contributed by atoms with Crippen molar-refractivity contribution < 1.29 is 0 Å². The van der Waals surface area contributed by atoms with E-state index in [0.29, 0.717) is 11.9 Å². The van der Waals surface area contributed by atoms with E-state index >= 15 is 0 Å². The maximum Gasteiger partial charge on any atom is 0.123 e. The van der Waals surface area contributed by atoms with E-state index in [1.54, 1.807) is 6.20 Å². The monoisotopic (exact) mass is 234 g/mol. The van der Waals surface area contributed by atoms with Crippen LogP contribution in [0.4, 0.5) is 5.82 Å². The van der Waals surface area contributed by atoms with E-state index in [1.807, 2.05) is 12.1 Å². The summed E-state index contributed by atoms with van der Waals surface area (Å²) in [6.07, 6.45) is 1.79. The van der Waals surface area contributed by atoms with Gasteiger partial charge in [0.15, 0.2) is 0 Å². The van der Waals surface area contributed by atoms with E-state index < -0.39 is 0 Å². The Morgan fingerprint density at radius 3 is 2.82 bits per heavy atom. The lowest BCUT2D eigenvalue weighted by molar-refractivity contribution is 0.250. The molecule has 17 heavy (non-hydrogen) atoms. The van der Waals surface area contributed by atoms with Crippen molar-refractivity contribution in [3.63, 3.8) is 0 Å². The van der Waals surface area contributed by atoms with E-state index in [9.17, 15) is 0 Å². The van der Waals surface area contributed by atoms with Crippen molar-refractivity contribution in [2.45, 2.75) is 19.5 Å². The van der Waals surface area contributed by atoms with Gasteiger partial charge in [-0.25, -0.2) is 4.98 Å². The Hall–Kier alpha value is -1.13. The molecule has 1 aromatic heterocycles. The van der Waals surface area contributed by atoms with Crippen LogP contribution >= 0.6 is 0 Å². The highest BCUT2D eigenvalue weighted by molar-refractivity contribution is 5.31. The first-order chi connectivity index (χ1) is 8.06. The van der Waals surface area contributed by atoms with Crippen molar-refractivity contribution in [3.05, 3.63) is 23.9 Å². The number of nitrogens with zero attached hydrogens (tertiary/aromatic N) is 3. The van der Waals surface area contributed by atoms with Crippen molar-refractivity contribution in [1.29, 1.82) is 0 Å². The van der Waals surface area contributed by atoms with Gasteiger partial charge in [0.2, 0.25) is 0 Å². The highest BCUT2D eigenvalue weighted by Gasteiger charge is 2.30. The molecule has 94 valence electrons. The predicted molar refractivity (Wildman–Crippen MR) is 70.6 cm³/mol. The van der Waals surface area contributed by atoms with Crippen LogP contribution in [0.3, 0.4) is 0 Å². The second-order valence-electron chi connectivity index (χ2n) is 5.29. The van der Waals surface area contributed by atoms with Gasteiger partial charge in [0.25, 0.3) is 0 Å². The number of rotatable bonds is 3. The van der Waals surface area contributed by atoms with E-state index in [-0.39, 0.29) is 0 Å². The van der Waals surface area contributed by atoms with Gasteiger partial charge in [-0.2, -0.15) is 0 Å². The highest BCUT2D eigenvalue weighted by atomic mass is 15.2. The van der Waals surface area contributed by atoms with Gasteiger partial charge in [0.05, 0.1) is 0 Å². The van der Waals surface area contributed by atoms with Crippen molar-refractivity contribution in [3.8, 4) is 0 Å². The molecule has 4 nitrogen and oxygen atoms in total. The molecule has 4 heteroatoms. The summed E-state index contributed by atoms with van der Waals surface area (Å²) in [5, 5.41) is 0. The van der Waals surface area contributed by atoms with Crippen LogP contribution in [0.25, 0.3) is 0 Å². The Morgan fingerprint density at radius 2 is 2.24 bits per heavy atom. The van der Waals surface area contributed by atoms with E-state index in [1.165, 1.54) is 5.56 Å². The average Bonchev–Trinajstić information content (AvgIpc) is 2.59. The smallest absolute Gasteiger partial charge is 0.123 e. The van der Waals surface area contributed by atoms with Gasteiger partial charge in [-0.3, -0.25) is 4.90 Å². The maximum atomic E-state index is 5.70. The van der Waals surface area contributed by atoms with Gasteiger partial charge in [-0.1, -0.05) is 6.92 Å². The molecule has 0 aromatic carbocycles. The SMILES string of the molecule is CC1CN(Cc2ccnc(N)c2)CC1N(C)C. The minimum atomic E-state index is 0.610. The molecule has 0 aliphatic carbocycles. The number of pyridine rings is 1. The van der Waals surface area contributed by atoms with Gasteiger partial charge < -0.3 is 10.6 Å². The lowest BCUT2D eigenvalue weighted by Crippen LogP contribution is -2.34. The zero-order valence-corrected chi connectivity index (χ0v) is 10.9. The summed E-state index contributed by atoms with van der Waals surface area (Å²) >= 11 is 0. The Morgan fingerprint density at radius 1 is 1.47 bits per heavy atom. The number of nitrogens with two attached hydrogens (primary N) is 1. The summed E-state index contributed by atoms with van der Waals surface area (Å²) in [6.45, 7) is 5.59. The Balaban J connectivity index is 1.97. The molecule has 2 heterocycles. The van der Waals surface area contributed by atoms with E-state index in [4.69, 9.17) is 5.73 Å². The van der Waals surface area contributed by atoms with Crippen LogP contribution in [0.1, 0.15) is 12.5 Å². The second kappa shape index (κ2) is 5.02. The number of likely N-dealkylation sites (tertiary alicyclic amines) is 1. The molecule has 1 aliphatic rings. The second-order valence-corrected chi connectivity index (χ2v) is 5.29. The number of aromatic nitrogens is 1. The molecule has 0 saturated carbocycles. The van der Waals surface area contributed by atoms with E-state index in [0.717, 1.165) is 25.6 Å². The van der Waals surface area contributed by atoms with Crippen molar-refractivity contribution in [1.82, 2.24) is 14.8 Å². The summed E-state index contributed by atoms with van der Waals surface area (Å²) in [4.78, 5) is 8.84. The van der Waals surface area contributed by atoms with Gasteiger partial charge in [0.1, 0.15) is 5.82 Å². The van der Waals surface area contributed by atoms with Crippen LogP contribution in [0, 0.1) is 5.92 Å². The third kappa shape index (κ3) is 2.96. The molecule has 0 bridgehead atoms. The number of hydrogen-bond acceptors (Lipinski definition) is 4. The number of hydrogen-bond donors (Lipinski definition) is 1. The number of likely N-dealkylation sites (N-methyl/N-ethyl adjacent to an activating group) is 1. The molecule has 0 spiro atoms. The van der Waals surface area contributed by atoms with Crippen molar-refractivity contribution in [2.24, 2.45) is 5.92 Å². The van der Waals surface area contributed by atoms with Crippen LogP contribution < -0.4 is 5.73 Å². The lowest BCUT2D eigenvalue weighted by Gasteiger charge is -2.22. The van der Waals surface area contributed by atoms with Crippen LogP contribution in [0.5, 0.6) is 0 Å². The Labute approximate surface area is 103 Å². The fraction of sp³-hybridized carbons (Fsp3) is 0.615. The first kappa shape index (κ1) is 12.3. The van der Waals surface area contributed by atoms with Gasteiger partial charge >= 0.3 is 0 Å². The Bertz CT molecular complexity index is 377. The molecule has 2 atom stereocenters. The highest BCUT2D eigenvalue weighted by Crippen LogP contribution is 2.21. The summed E-state index contributed by atoms with van der Waals surface area (Å²) in [7, 11) is 4.32. The zero-order valence-electron chi connectivity index (χ0n) is 10.9. The normalized spacial score (nSPS) is 25.6. The molecule has 2 rings (SSSR count). The largest absolute Gasteiger partial charge is 0.384 e. The van der Waals surface area contributed by atoms with Gasteiger partial charge in [-0.15, -0.1) is 0 Å². The maximum absolute atomic E-state index is 5.70. The topological polar surface area (TPSA) is 45.4 Å². The molecule has 0 amide bonds. The summed E-state index contributed by atoms with van der Waals surface area (Å²) in [6, 6.07) is 4.67. The first-order valence-electron chi connectivity index (χ1n) is 6.15. The minimum Gasteiger partial charge on any atom is -0.384 e. The molecule has 1 aromatic rings. The summed E-state index contributed by atoms with van der Waals surface area (Å²) in [5.74, 6) is 1.34. The molecule has 1 saturated heterocycles. The fourth-order valence-corrected chi connectivity index (χ4v) is 2.70. The lowest BCUT2D eigenvalue weighted by atomic mass is 10.1. The van der Waals surface area contributed by atoms with Crippen molar-refractivity contribution >= 4 is 5.82 Å². The zero-order chi connectivity index (χ0) is 12.4. The number of nitrogen functional groups attached to an aromatic ring is 1. The third-order valence-electron chi connectivity index (χ3n) is 3.56. The molecule has 2 unspecified atom stereocenters. The van der Waals surface area contributed by atoms with Crippen molar-refractivity contribution in [2.75, 3.05) is 32.9 Å². The first-order valence-corrected chi connectivity index (χ1v) is 6.15. The molecule has 2 N–H and O–H groups in total. The van der Waals surface area contributed by atoms with Gasteiger partial charge in [0, 0.05) is 31.9 Å². The summed E-state index contributed by atoms with van der Waals surface area (Å²) in [5.41, 5.74) is 6.95. The van der Waals surface area contributed by atoms with Gasteiger partial charge in [-0.05, 0) is 37.7 Å². The molecule has 0 radical (unpaired) electrons. The summed E-state index contributed by atoms with van der Waals surface area (Å²) < 4.78 is 0.